The number of sulfonamides is 1. The number of anilines is 1. The van der Waals surface area contributed by atoms with E-state index in [4.69, 9.17) is 4.74 Å². The maximum Gasteiger partial charge on any atom is 0.235 e. The summed E-state index contributed by atoms with van der Waals surface area (Å²) >= 11 is 0. The van der Waals surface area contributed by atoms with Gasteiger partial charge in [-0.2, -0.15) is 0 Å². The van der Waals surface area contributed by atoms with E-state index in [0.29, 0.717) is 31.0 Å². The smallest absolute Gasteiger partial charge is 0.235 e. The highest BCUT2D eigenvalue weighted by Gasteiger charge is 2.27. The standard InChI is InChI=1S/C12H19N3O3S/c1-2-18-12-4-3-10(9-14-12)15-19(16,17)11-5-7-13-8-6-11/h3-4,9,11,13,15H,2,5-8H2,1H3. The minimum Gasteiger partial charge on any atom is -0.478 e. The van der Waals surface area contributed by atoms with Crippen LogP contribution in [0.15, 0.2) is 18.3 Å². The van der Waals surface area contributed by atoms with Crippen molar-refractivity contribution in [2.45, 2.75) is 25.0 Å². The zero-order chi connectivity index (χ0) is 13.7. The van der Waals surface area contributed by atoms with Crippen LogP contribution < -0.4 is 14.8 Å². The Morgan fingerprint density at radius 1 is 1.42 bits per heavy atom. The molecule has 19 heavy (non-hydrogen) atoms. The fourth-order valence-electron chi connectivity index (χ4n) is 2.03. The summed E-state index contributed by atoms with van der Waals surface area (Å²) in [7, 11) is -3.33. The van der Waals surface area contributed by atoms with Gasteiger partial charge in [0.15, 0.2) is 0 Å². The molecular formula is C12H19N3O3S. The van der Waals surface area contributed by atoms with Gasteiger partial charge in [-0.1, -0.05) is 0 Å². The molecule has 6 nitrogen and oxygen atoms in total. The lowest BCUT2D eigenvalue weighted by atomic mass is 10.2. The number of pyridine rings is 1. The second-order valence-electron chi connectivity index (χ2n) is 4.41. The van der Waals surface area contributed by atoms with Crippen LogP contribution in [0.25, 0.3) is 0 Å². The third-order valence-electron chi connectivity index (χ3n) is 3.01. The Labute approximate surface area is 113 Å². The molecule has 1 aliphatic rings. The van der Waals surface area contributed by atoms with E-state index in [1.165, 1.54) is 6.20 Å². The van der Waals surface area contributed by atoms with Crippen molar-refractivity contribution in [3.8, 4) is 5.88 Å². The molecular weight excluding hydrogens is 266 g/mol. The predicted molar refractivity (Wildman–Crippen MR) is 73.8 cm³/mol. The second kappa shape index (κ2) is 6.21. The average Bonchev–Trinajstić information content (AvgIpc) is 2.42. The third kappa shape index (κ3) is 3.81. The zero-order valence-electron chi connectivity index (χ0n) is 10.9. The summed E-state index contributed by atoms with van der Waals surface area (Å²) in [4.78, 5) is 4.04. The molecule has 2 N–H and O–H groups in total. The van der Waals surface area contributed by atoms with Gasteiger partial charge in [-0.3, -0.25) is 4.72 Å². The monoisotopic (exact) mass is 285 g/mol. The maximum atomic E-state index is 12.2. The molecule has 106 valence electrons. The van der Waals surface area contributed by atoms with Crippen LogP contribution in [-0.2, 0) is 10.0 Å². The van der Waals surface area contributed by atoms with Crippen molar-refractivity contribution in [3.05, 3.63) is 18.3 Å². The van der Waals surface area contributed by atoms with Crippen molar-refractivity contribution < 1.29 is 13.2 Å². The van der Waals surface area contributed by atoms with Crippen LogP contribution in [0.3, 0.4) is 0 Å². The molecule has 0 amide bonds. The lowest BCUT2D eigenvalue weighted by molar-refractivity contribution is 0.327. The number of piperidine rings is 1. The SMILES string of the molecule is CCOc1ccc(NS(=O)(=O)C2CCNCC2)cn1. The van der Waals surface area contributed by atoms with Crippen molar-refractivity contribution in [1.82, 2.24) is 10.3 Å². The number of hydrogen-bond acceptors (Lipinski definition) is 5. The first-order valence-corrected chi connectivity index (χ1v) is 7.97. The first kappa shape index (κ1) is 14.1. The van der Waals surface area contributed by atoms with Gasteiger partial charge in [-0.15, -0.1) is 0 Å². The molecule has 2 rings (SSSR count). The molecule has 0 atom stereocenters. The Kier molecular flexibility index (Phi) is 4.60. The van der Waals surface area contributed by atoms with E-state index in [9.17, 15) is 8.42 Å². The lowest BCUT2D eigenvalue weighted by Crippen LogP contribution is -2.38. The van der Waals surface area contributed by atoms with Crippen LogP contribution in [0, 0.1) is 0 Å². The normalized spacial score (nSPS) is 17.1. The summed E-state index contributed by atoms with van der Waals surface area (Å²) in [6.45, 7) is 3.89. The molecule has 0 spiro atoms. The molecule has 1 fully saturated rings. The van der Waals surface area contributed by atoms with E-state index >= 15 is 0 Å². The molecule has 0 bridgehead atoms. The Bertz CT molecular complexity index is 495. The minimum absolute atomic E-state index is 0.333. The number of rotatable bonds is 5. The number of ether oxygens (including phenoxy) is 1. The number of hydrogen-bond donors (Lipinski definition) is 2. The fourth-order valence-corrected chi connectivity index (χ4v) is 3.50. The second-order valence-corrected chi connectivity index (χ2v) is 6.38. The highest BCUT2D eigenvalue weighted by molar-refractivity contribution is 7.93. The van der Waals surface area contributed by atoms with Crippen LogP contribution in [0.1, 0.15) is 19.8 Å². The largest absolute Gasteiger partial charge is 0.478 e. The average molecular weight is 285 g/mol. The molecule has 7 heteroatoms. The summed E-state index contributed by atoms with van der Waals surface area (Å²) in [5.41, 5.74) is 0.474. The predicted octanol–water partition coefficient (Wildman–Crippen LogP) is 0.974. The van der Waals surface area contributed by atoms with E-state index in [1.807, 2.05) is 6.92 Å². The van der Waals surface area contributed by atoms with Crippen LogP contribution in [0.2, 0.25) is 0 Å². The number of nitrogens with zero attached hydrogens (tertiary/aromatic N) is 1. The van der Waals surface area contributed by atoms with Crippen molar-refractivity contribution in [2.24, 2.45) is 0 Å². The topological polar surface area (TPSA) is 80.3 Å². The number of aromatic nitrogens is 1. The zero-order valence-corrected chi connectivity index (χ0v) is 11.7. The molecule has 1 aliphatic heterocycles. The molecule has 0 unspecified atom stereocenters. The maximum absolute atomic E-state index is 12.2. The van der Waals surface area contributed by atoms with Gasteiger partial charge in [-0.05, 0) is 38.9 Å². The quantitative estimate of drug-likeness (QED) is 0.843. The Balaban J connectivity index is 2.02. The summed E-state index contributed by atoms with van der Waals surface area (Å²) in [5.74, 6) is 0.493. The van der Waals surface area contributed by atoms with Gasteiger partial charge in [0.2, 0.25) is 15.9 Å². The molecule has 0 aromatic carbocycles. The molecule has 0 radical (unpaired) electrons. The van der Waals surface area contributed by atoms with Crippen molar-refractivity contribution in [2.75, 3.05) is 24.4 Å². The minimum atomic E-state index is -3.33. The Morgan fingerprint density at radius 2 is 2.16 bits per heavy atom. The van der Waals surface area contributed by atoms with E-state index < -0.39 is 10.0 Å². The third-order valence-corrected chi connectivity index (χ3v) is 4.88. The molecule has 0 aliphatic carbocycles. The van der Waals surface area contributed by atoms with Crippen LogP contribution >= 0.6 is 0 Å². The van der Waals surface area contributed by atoms with Crippen LogP contribution in [0.4, 0.5) is 5.69 Å². The first-order valence-electron chi connectivity index (χ1n) is 6.43. The molecule has 1 aromatic rings. The highest BCUT2D eigenvalue weighted by Crippen LogP contribution is 2.18. The molecule has 1 saturated heterocycles. The van der Waals surface area contributed by atoms with E-state index in [-0.39, 0.29) is 5.25 Å². The first-order chi connectivity index (χ1) is 9.12. The molecule has 1 aromatic heterocycles. The summed E-state index contributed by atoms with van der Waals surface area (Å²) in [5, 5.41) is 2.82. The van der Waals surface area contributed by atoms with Crippen molar-refractivity contribution in [3.63, 3.8) is 0 Å². The summed E-state index contributed by atoms with van der Waals surface area (Å²) in [6, 6.07) is 3.32. The van der Waals surface area contributed by atoms with E-state index in [1.54, 1.807) is 12.1 Å². The highest BCUT2D eigenvalue weighted by atomic mass is 32.2. The van der Waals surface area contributed by atoms with Gasteiger partial charge in [0.25, 0.3) is 0 Å². The van der Waals surface area contributed by atoms with Crippen LogP contribution in [-0.4, -0.2) is 38.3 Å². The Hall–Kier alpha value is -1.34. The van der Waals surface area contributed by atoms with Gasteiger partial charge in [-0.25, -0.2) is 13.4 Å². The van der Waals surface area contributed by atoms with Gasteiger partial charge in [0.05, 0.1) is 23.7 Å². The summed E-state index contributed by atoms with van der Waals surface area (Å²) < 4.78 is 32.1. The summed E-state index contributed by atoms with van der Waals surface area (Å²) in [6.07, 6.45) is 2.75. The molecule has 0 saturated carbocycles. The number of nitrogens with one attached hydrogen (secondary N) is 2. The van der Waals surface area contributed by atoms with E-state index in [2.05, 4.69) is 15.0 Å². The van der Waals surface area contributed by atoms with Crippen molar-refractivity contribution >= 4 is 15.7 Å². The van der Waals surface area contributed by atoms with Gasteiger partial charge in [0, 0.05) is 6.07 Å². The van der Waals surface area contributed by atoms with Gasteiger partial charge >= 0.3 is 0 Å². The van der Waals surface area contributed by atoms with E-state index in [0.717, 1.165) is 13.1 Å². The van der Waals surface area contributed by atoms with Gasteiger partial charge in [0.1, 0.15) is 0 Å². The van der Waals surface area contributed by atoms with Crippen LogP contribution in [0.5, 0.6) is 5.88 Å². The molecule has 2 heterocycles. The lowest BCUT2D eigenvalue weighted by Gasteiger charge is -2.23. The van der Waals surface area contributed by atoms with Gasteiger partial charge < -0.3 is 10.1 Å². The van der Waals surface area contributed by atoms with Crippen molar-refractivity contribution in [1.29, 1.82) is 0 Å². The Morgan fingerprint density at radius 3 is 2.74 bits per heavy atom. The fraction of sp³-hybridized carbons (Fsp3) is 0.583.